The Morgan fingerprint density at radius 3 is 1.18 bits per heavy atom. The van der Waals surface area contributed by atoms with Crippen LogP contribution in [-0.2, 0) is 138 Å². The van der Waals surface area contributed by atoms with Crippen molar-refractivity contribution in [3.05, 3.63) is 356 Å². The number of carbonyl (C=O) groups is 6. The van der Waals surface area contributed by atoms with E-state index in [4.69, 9.17) is 64.1 Å². The summed E-state index contributed by atoms with van der Waals surface area (Å²) in [7, 11) is -7.36. The van der Waals surface area contributed by atoms with Crippen molar-refractivity contribution in [2.24, 2.45) is 23.1 Å². The maximum absolute atomic E-state index is 11.9. The molecule has 10 aromatic rings. The Morgan fingerprint density at radius 2 is 0.776 bits per heavy atom. The van der Waals surface area contributed by atoms with Gasteiger partial charge in [-0.15, -0.1) is 0 Å². The first-order chi connectivity index (χ1) is 68.4. The molecule has 1 fully saturated rings. The van der Waals surface area contributed by atoms with E-state index in [2.05, 4.69) is 44.3 Å². The lowest BCUT2D eigenvalue weighted by molar-refractivity contribution is -0.150. The monoisotopic (exact) mass is 2040 g/mol. The third kappa shape index (κ3) is 49.8. The van der Waals surface area contributed by atoms with Crippen LogP contribution in [0.3, 0.4) is 0 Å². The molecule has 10 aromatic carbocycles. The predicted molar refractivity (Wildman–Crippen MR) is 547 cm³/mol. The van der Waals surface area contributed by atoms with Gasteiger partial charge in [-0.3, -0.25) is 46.4 Å². The zero-order valence-corrected chi connectivity index (χ0v) is 86.5. The molecule has 1 heterocycles. The Kier molecular flexibility index (Phi) is 59.9. The van der Waals surface area contributed by atoms with Gasteiger partial charge in [0.1, 0.15) is 81.3 Å². The number of hydrogen-bond acceptors (Lipinski definition) is 31. The van der Waals surface area contributed by atoms with Crippen LogP contribution in [0.4, 0.5) is 4.79 Å². The molecular weight excluding hydrogens is 1900 g/mol. The summed E-state index contributed by atoms with van der Waals surface area (Å²) in [5.74, 6) is -2.41. The van der Waals surface area contributed by atoms with Crippen molar-refractivity contribution in [1.82, 2.24) is 0 Å². The summed E-state index contributed by atoms with van der Waals surface area (Å²) in [6.07, 6.45) is 0.740. The molecule has 0 aromatic heterocycles. The Labute approximate surface area is 840 Å². The number of aliphatic hydroxyl groups excluding tert-OH is 6. The minimum absolute atomic E-state index is 0.0180. The van der Waals surface area contributed by atoms with Gasteiger partial charge in [0, 0.05) is 27.0 Å². The number of phosphoric ester groups is 1. The zero-order chi connectivity index (χ0) is 106. The summed E-state index contributed by atoms with van der Waals surface area (Å²) in [4.78, 5) is 77.2. The van der Waals surface area contributed by atoms with Crippen LogP contribution in [-0.4, -0.2) is 171 Å². The molecule has 0 saturated carbocycles. The summed E-state index contributed by atoms with van der Waals surface area (Å²) < 4.78 is 97.9. The number of benzene rings is 10. The van der Waals surface area contributed by atoms with Crippen LogP contribution in [0.1, 0.15) is 218 Å². The van der Waals surface area contributed by atoms with Gasteiger partial charge in [0.25, 0.3) is 0 Å². The molecule has 32 nitrogen and oxygen atoms in total. The highest BCUT2D eigenvalue weighted by atomic mass is 31.2. The summed E-state index contributed by atoms with van der Waals surface area (Å²) in [5, 5.41) is 59.2. The molecule has 11 rings (SSSR count). The van der Waals surface area contributed by atoms with E-state index in [0.29, 0.717) is 41.4 Å². The van der Waals surface area contributed by atoms with Gasteiger partial charge in [-0.1, -0.05) is 324 Å². The van der Waals surface area contributed by atoms with Gasteiger partial charge in [0.05, 0.1) is 44.4 Å². The Morgan fingerprint density at radius 1 is 0.413 bits per heavy atom. The topological polar surface area (TPSA) is 493 Å². The van der Waals surface area contributed by atoms with E-state index in [1.807, 2.05) is 211 Å². The first-order valence-electron chi connectivity index (χ1n) is 47.2. The molecule has 1 aliphatic heterocycles. The maximum atomic E-state index is 11.9. The van der Waals surface area contributed by atoms with Crippen molar-refractivity contribution in [1.29, 1.82) is 0 Å². The van der Waals surface area contributed by atoms with Crippen LogP contribution in [0.5, 0.6) is 0 Å². The van der Waals surface area contributed by atoms with Crippen LogP contribution in [0.15, 0.2) is 267 Å². The van der Waals surface area contributed by atoms with Gasteiger partial charge in [-0.2, -0.15) is 0 Å². The van der Waals surface area contributed by atoms with E-state index in [1.54, 1.807) is 98.8 Å². The van der Waals surface area contributed by atoms with E-state index >= 15 is 0 Å². The third-order valence-electron chi connectivity index (χ3n) is 21.2. The first kappa shape index (κ1) is 124. The number of phosphoric acid groups is 1. The summed E-state index contributed by atoms with van der Waals surface area (Å²) in [6, 6.07) is 81.6. The first-order valence-corrected chi connectivity index (χ1v) is 52.4. The minimum atomic E-state index is -3.52. The normalized spacial score (nSPS) is 14.9. The molecule has 780 valence electrons. The second-order valence-electron chi connectivity index (χ2n) is 32.3. The molecule has 0 spiro atoms. The molecule has 1 aliphatic rings. The number of rotatable bonds is 42. The fourth-order valence-electron chi connectivity index (χ4n) is 12.6. The number of nitrogens with two attached hydrogens (primary N) is 3. The van der Waals surface area contributed by atoms with Crippen molar-refractivity contribution in [3.63, 3.8) is 0 Å². The minimum Gasteiger partial charge on any atom is -0.462 e. The average Bonchev–Trinajstić information content (AvgIpc) is 1.68. The predicted octanol–water partition coefficient (Wildman–Crippen LogP) is 18.4. The highest BCUT2D eigenvalue weighted by Crippen LogP contribution is 2.57. The van der Waals surface area contributed by atoms with Crippen molar-refractivity contribution in [2.45, 2.75) is 175 Å². The highest BCUT2D eigenvalue weighted by molar-refractivity contribution is 7.54. The van der Waals surface area contributed by atoms with Crippen molar-refractivity contribution in [2.75, 3.05) is 93.2 Å². The Balaban J connectivity index is 0.000000343. The number of aliphatic hydroxyl groups is 6. The zero-order valence-electron chi connectivity index (χ0n) is 83.8. The third-order valence-corrected chi connectivity index (χ3v) is 25.1. The molecule has 0 amide bonds. The standard InChI is InChI=1S/C19H23NO3.C19H20O6.C14H20O3.C13H19NO2.C12H17NO3.C11H17O4P.C10H15O5P.C10H13O3P/c1-2-14-9-6-10-16(11-14)18(21)13-23-19(22)17(20)12-15-7-4-3-5-8-15;1-2-14-8-10-15(11-9-14)17(20)12-23-19(22)25-13-24-18(21)16-6-4-3-5-7-16;1-4-11-6-5-7-12(8-11)13(15)9-17-14(16)10(2)3;1-3-10-6-5-7-11(8-10)12(4-2)16-13(15)9-14;1-2-9-4-3-5-10(6-9)11(14)8-16-12(15)7-13;1-3-9-4-6-10(7-5-9)11(12)8-15-16(2,13)14;1-13-16(12,14-2)15-8-10(11)9-6-4-3-5-7-9;1-2-14(11)12-8-10(13-14)9-6-4-3-5-7-9/h3-11,17-18,21H,2,12-13,20H2,1H3;3-11,17,20H,2,12-13H2,1H3;5-8,10,13,15H,4,9H2,1-3H3;5-8,12H,3-4,9,14H2,1-2H3;3-6,11,14H,2,7-8,13H2,1H3;4-7,11-12H,3,8H2,1-2H3,(H,13,14);3-7,10-11H,8H2,1-2H3;3-7,10H,2,8H2,1H3/t;;;;;;;10?,14-/m.......0/s1. The lowest BCUT2D eigenvalue weighted by Crippen LogP contribution is -2.35. The second kappa shape index (κ2) is 69.0. The Hall–Kier alpha value is -11.1. The van der Waals surface area contributed by atoms with E-state index in [-0.39, 0.29) is 82.8 Å². The van der Waals surface area contributed by atoms with Crippen LogP contribution in [0, 0.1) is 5.92 Å². The maximum Gasteiger partial charge on any atom is 0.511 e. The summed E-state index contributed by atoms with van der Waals surface area (Å²) in [6.45, 7) is 19.7. The van der Waals surface area contributed by atoms with Crippen LogP contribution in [0.25, 0.3) is 0 Å². The van der Waals surface area contributed by atoms with Crippen molar-refractivity contribution in [3.8, 4) is 0 Å². The van der Waals surface area contributed by atoms with E-state index in [0.717, 1.165) is 107 Å². The fourth-order valence-corrected chi connectivity index (χ4v) is 15.0. The number of carbonyl (C=O) groups excluding carboxylic acids is 6. The van der Waals surface area contributed by atoms with E-state index < -0.39 is 96.5 Å². The highest BCUT2D eigenvalue weighted by Gasteiger charge is 2.36. The number of hydrogen-bond donors (Lipinski definition) is 10. The summed E-state index contributed by atoms with van der Waals surface area (Å²) in [5.41, 5.74) is 30.9. The van der Waals surface area contributed by atoms with Crippen LogP contribution < -0.4 is 17.2 Å². The van der Waals surface area contributed by atoms with Crippen molar-refractivity contribution >= 4 is 59.0 Å². The smallest absolute Gasteiger partial charge is 0.462 e. The van der Waals surface area contributed by atoms with E-state index in [1.165, 1.54) is 25.3 Å². The van der Waals surface area contributed by atoms with Gasteiger partial charge in [0.15, 0.2) is 0 Å². The number of aryl methyl sites for hydroxylation is 6. The van der Waals surface area contributed by atoms with Gasteiger partial charge < -0.3 is 94.9 Å². The molecule has 0 aliphatic carbocycles. The SMILES string of the molecule is CC[P@]1(=O)OCC(c2ccccc2)O1.CCc1ccc(C(O)COC(=O)OCOC(=O)c2ccccc2)cc1.CCc1ccc(C(O)COP(C)(=O)O)cc1.CCc1cccc(C(CC)OC(=O)CN)c1.CCc1cccc(C(O)COC(=O)C(C)C)c1.CCc1cccc(C(O)COC(=O)C(N)Cc2ccccc2)c1.CCc1cccc(C(O)COC(=O)CN)c1.COP(=O)(OC)OCC(O)c1ccccc1. The lowest BCUT2D eigenvalue weighted by Gasteiger charge is -2.16. The molecule has 1 saturated heterocycles. The van der Waals surface area contributed by atoms with Gasteiger partial charge in [-0.25, -0.2) is 14.2 Å². The number of ether oxygens (including phenoxy) is 7. The lowest BCUT2D eigenvalue weighted by atomic mass is 10.0. The van der Waals surface area contributed by atoms with Crippen LogP contribution >= 0.6 is 23.0 Å². The molecule has 143 heavy (non-hydrogen) atoms. The van der Waals surface area contributed by atoms with Crippen LogP contribution in [0.2, 0.25) is 0 Å². The quantitative estimate of drug-likeness (QED) is 0.00735. The van der Waals surface area contributed by atoms with E-state index in [9.17, 15) is 73.1 Å². The summed E-state index contributed by atoms with van der Waals surface area (Å²) >= 11 is 0. The fraction of sp³-hybridized carbons (Fsp3) is 0.389. The largest absolute Gasteiger partial charge is 0.511 e. The average molecular weight is 2040 g/mol. The second-order valence-corrected chi connectivity index (χ2v) is 38.4. The molecule has 13 N–H and O–H groups in total. The Bertz CT molecular complexity index is 5430. The number of esters is 5. The molecule has 0 radical (unpaired) electrons. The molecule has 11 atom stereocenters. The van der Waals surface area contributed by atoms with Gasteiger partial charge in [-0.05, 0) is 147 Å². The van der Waals surface area contributed by atoms with Gasteiger partial charge >= 0.3 is 59.0 Å². The molecular formula is C108H144N3O29P3. The molecule has 0 bridgehead atoms. The molecule has 35 heteroatoms. The van der Waals surface area contributed by atoms with Gasteiger partial charge in [0.2, 0.25) is 6.79 Å². The van der Waals surface area contributed by atoms with Crippen molar-refractivity contribution < 1.29 is 138 Å². The molecule has 10 unspecified atom stereocenters.